The van der Waals surface area contributed by atoms with Gasteiger partial charge in [-0.15, -0.1) is 0 Å². The normalized spacial score (nSPS) is 13.6. The van der Waals surface area contributed by atoms with Crippen molar-refractivity contribution in [1.29, 1.82) is 0 Å². The molecule has 6 rings (SSSR count). The quantitative estimate of drug-likeness (QED) is 0.0581. The van der Waals surface area contributed by atoms with Crippen molar-refractivity contribution in [3.63, 3.8) is 0 Å². The molecular weight excluding hydrogens is 728 g/mol. The molecule has 9 nitrogen and oxygen atoms in total. The lowest BCUT2D eigenvalue weighted by molar-refractivity contribution is -0.384. The maximum atomic E-state index is 15.5. The fourth-order valence-electron chi connectivity index (χ4n) is 6.12. The van der Waals surface area contributed by atoms with Gasteiger partial charge in [-0.05, 0) is 96.5 Å². The molecule has 5 aromatic carbocycles. The molecular formula is C39H28F3N2O7PS. The number of methoxy groups -OCH3 is 1. The van der Waals surface area contributed by atoms with Gasteiger partial charge >= 0.3 is 5.97 Å². The highest BCUT2D eigenvalue weighted by Gasteiger charge is 2.48. The van der Waals surface area contributed by atoms with E-state index in [4.69, 9.17) is 4.74 Å². The van der Waals surface area contributed by atoms with Crippen molar-refractivity contribution >= 4 is 61.4 Å². The van der Waals surface area contributed by atoms with E-state index >= 15 is 4.79 Å². The standard InChI is InChI=1S/C39H28F3N2O7PS/c1-25-3-21-34(22-4-25)53(49,50)43-37(26-5-13-30(14-6-26)44(47)48)35(23-24-36(45)51-2)38(39(43)46)52(31-15-7-27(40)8-16-31,32-17-9-28(41)10-18-32)33-19-11-29(42)12-20-33/h3-24H,1-2H3/b24-23+. The van der Waals surface area contributed by atoms with Crippen molar-refractivity contribution in [1.82, 2.24) is 4.31 Å². The molecule has 0 fully saturated rings. The summed E-state index contributed by atoms with van der Waals surface area (Å²) in [7, 11) is -3.69. The molecule has 0 atom stereocenters. The summed E-state index contributed by atoms with van der Waals surface area (Å²) in [6.45, 7) is -2.09. The van der Waals surface area contributed by atoms with Crippen LogP contribution in [0.4, 0.5) is 18.9 Å². The lowest BCUT2D eigenvalue weighted by atomic mass is 10.1. The number of benzene rings is 5. The van der Waals surface area contributed by atoms with Crippen LogP contribution >= 0.6 is 6.89 Å². The fraction of sp³-hybridized carbons (Fsp3) is 0.0513. The van der Waals surface area contributed by atoms with E-state index in [2.05, 4.69) is 0 Å². The third-order valence-corrected chi connectivity index (χ3v) is 14.6. The predicted molar refractivity (Wildman–Crippen MR) is 196 cm³/mol. The number of non-ortho nitro benzene ring substituents is 1. The van der Waals surface area contributed by atoms with Gasteiger partial charge in [0.2, 0.25) is 0 Å². The summed E-state index contributed by atoms with van der Waals surface area (Å²) in [6.07, 6.45) is 2.18. The summed E-state index contributed by atoms with van der Waals surface area (Å²) in [5.41, 5.74) is 0.0565. The van der Waals surface area contributed by atoms with E-state index in [-0.39, 0.29) is 32.7 Å². The van der Waals surface area contributed by atoms with Gasteiger partial charge in [-0.25, -0.2) is 26.4 Å². The van der Waals surface area contributed by atoms with E-state index < -0.39 is 51.2 Å². The zero-order valence-corrected chi connectivity index (χ0v) is 29.7. The van der Waals surface area contributed by atoms with Crippen molar-refractivity contribution in [2.24, 2.45) is 0 Å². The van der Waals surface area contributed by atoms with E-state index in [1.54, 1.807) is 6.92 Å². The number of nitro groups is 1. The number of allylic oxidation sites excluding steroid dienone is 1. The molecule has 5 aromatic rings. The summed E-state index contributed by atoms with van der Waals surface area (Å²) in [6, 6.07) is 25.8. The number of aryl methyl sites for hydroxylation is 1. The van der Waals surface area contributed by atoms with Crippen molar-refractivity contribution in [3.8, 4) is 0 Å². The maximum Gasteiger partial charge on any atom is 0.330 e. The number of carbonyl (C=O) groups excluding carboxylic acids is 2. The Hall–Kier alpha value is -6.04. The molecule has 1 amide bonds. The number of carbonyl (C=O) groups is 2. The molecule has 0 spiro atoms. The highest BCUT2D eigenvalue weighted by atomic mass is 32.2. The Balaban J connectivity index is 1.91. The van der Waals surface area contributed by atoms with Gasteiger partial charge in [0.05, 0.1) is 27.9 Å². The average molecular weight is 757 g/mol. The van der Waals surface area contributed by atoms with Gasteiger partial charge in [0.1, 0.15) is 17.5 Å². The van der Waals surface area contributed by atoms with Gasteiger partial charge in [0.25, 0.3) is 21.6 Å². The summed E-state index contributed by atoms with van der Waals surface area (Å²) in [5, 5.41) is 12.3. The minimum absolute atomic E-state index is 0.0366. The topological polar surface area (TPSA) is 124 Å². The molecule has 0 saturated heterocycles. The van der Waals surface area contributed by atoms with Gasteiger partial charge in [0.15, 0.2) is 0 Å². The molecule has 1 heterocycles. The largest absolute Gasteiger partial charge is 0.466 e. The average Bonchev–Trinajstić information content (AvgIpc) is 3.45. The number of amides is 1. The van der Waals surface area contributed by atoms with E-state index in [0.717, 1.165) is 67.3 Å². The number of nitro benzene ring substituents is 1. The number of halogens is 3. The van der Waals surface area contributed by atoms with Crippen LogP contribution in [0.5, 0.6) is 0 Å². The Morgan fingerprint density at radius 1 is 0.755 bits per heavy atom. The lowest BCUT2D eigenvalue weighted by Crippen LogP contribution is -2.39. The molecule has 0 saturated carbocycles. The third kappa shape index (κ3) is 6.72. The van der Waals surface area contributed by atoms with Crippen LogP contribution in [0.2, 0.25) is 0 Å². The van der Waals surface area contributed by atoms with Crippen LogP contribution in [-0.4, -0.2) is 41.9 Å². The first-order valence-corrected chi connectivity index (χ1v) is 19.0. The second kappa shape index (κ2) is 14.5. The van der Waals surface area contributed by atoms with Gasteiger partial charge in [-0.3, -0.25) is 14.9 Å². The Morgan fingerprint density at radius 2 is 1.21 bits per heavy atom. The molecule has 53 heavy (non-hydrogen) atoms. The molecule has 0 N–H and O–H groups in total. The third-order valence-electron chi connectivity index (χ3n) is 8.58. The molecule has 1 aliphatic rings. The molecule has 268 valence electrons. The summed E-state index contributed by atoms with van der Waals surface area (Å²) >= 11 is 0. The zero-order valence-electron chi connectivity index (χ0n) is 27.9. The number of hydrogen-bond acceptors (Lipinski definition) is 7. The van der Waals surface area contributed by atoms with E-state index in [0.29, 0.717) is 20.2 Å². The van der Waals surface area contributed by atoms with Crippen LogP contribution < -0.4 is 15.9 Å². The van der Waals surface area contributed by atoms with E-state index in [9.17, 15) is 36.5 Å². The molecule has 0 aromatic heterocycles. The highest BCUT2D eigenvalue weighted by molar-refractivity contribution is 7.97. The van der Waals surface area contributed by atoms with Crippen LogP contribution in [0.25, 0.3) is 5.70 Å². The molecule has 0 aliphatic carbocycles. The number of ether oxygens (including phenoxy) is 1. The second-order valence-corrected chi connectivity index (χ2v) is 16.9. The number of hydrogen-bond donors (Lipinski definition) is 0. The molecule has 14 heteroatoms. The van der Waals surface area contributed by atoms with E-state index in [1.807, 2.05) is 0 Å². The minimum Gasteiger partial charge on any atom is -0.466 e. The maximum absolute atomic E-state index is 15.5. The Labute approximate surface area is 302 Å². The van der Waals surface area contributed by atoms with Crippen molar-refractivity contribution in [3.05, 3.63) is 178 Å². The SMILES string of the molecule is COC(=O)/C=C/C1=C(c2ccc([N+](=O)[O-])cc2)N(S(=O)(=O)c2ccc(C)cc2)C(=O)C1=P(c1ccc(F)cc1)(c1ccc(F)cc1)c1ccc(F)cc1. The van der Waals surface area contributed by atoms with Crippen molar-refractivity contribution in [2.75, 3.05) is 7.11 Å². The number of sulfonamides is 1. The molecule has 0 unspecified atom stereocenters. The van der Waals surface area contributed by atoms with Crippen molar-refractivity contribution in [2.45, 2.75) is 11.8 Å². The van der Waals surface area contributed by atoms with Crippen LogP contribution in [0.15, 0.2) is 144 Å². The fourth-order valence-corrected chi connectivity index (χ4v) is 12.0. The summed E-state index contributed by atoms with van der Waals surface area (Å²) in [4.78, 5) is 38.8. The zero-order chi connectivity index (χ0) is 38.1. The monoisotopic (exact) mass is 756 g/mol. The smallest absolute Gasteiger partial charge is 0.330 e. The summed E-state index contributed by atoms with van der Waals surface area (Å²) < 4.78 is 78.8. The molecule has 0 radical (unpaired) electrons. The second-order valence-electron chi connectivity index (χ2n) is 11.8. The van der Waals surface area contributed by atoms with Gasteiger partial charge in [-0.2, -0.15) is 4.31 Å². The first-order valence-electron chi connectivity index (χ1n) is 15.8. The minimum atomic E-state index is -4.81. The summed E-state index contributed by atoms with van der Waals surface area (Å²) in [5.74, 6) is -3.87. The van der Waals surface area contributed by atoms with Crippen molar-refractivity contribution < 1.29 is 40.8 Å². The van der Waals surface area contributed by atoms with Gasteiger partial charge in [-0.1, -0.05) is 54.1 Å². The van der Waals surface area contributed by atoms with E-state index in [1.165, 1.54) is 78.9 Å². The number of nitrogens with zero attached hydrogens (tertiary/aromatic N) is 2. The van der Waals surface area contributed by atoms with Crippen LogP contribution in [0, 0.1) is 34.5 Å². The highest BCUT2D eigenvalue weighted by Crippen LogP contribution is 2.52. The molecule has 0 bridgehead atoms. The van der Waals surface area contributed by atoms with Crippen LogP contribution in [0.3, 0.4) is 0 Å². The van der Waals surface area contributed by atoms with Gasteiger partial charge in [0, 0.05) is 29.3 Å². The lowest BCUT2D eigenvalue weighted by Gasteiger charge is -2.31. The first kappa shape index (κ1) is 36.7. The molecule has 1 aliphatic heterocycles. The van der Waals surface area contributed by atoms with Crippen LogP contribution in [-0.2, 0) is 24.3 Å². The predicted octanol–water partition coefficient (Wildman–Crippen LogP) is 6.16. The van der Waals surface area contributed by atoms with Crippen LogP contribution in [0.1, 0.15) is 11.1 Å². The Bertz CT molecular complexity index is 2370. The number of esters is 1. The Morgan fingerprint density at radius 3 is 1.62 bits per heavy atom. The number of rotatable bonds is 9. The Kier molecular flexibility index (Phi) is 10.1. The first-order chi connectivity index (χ1) is 25.3. The van der Waals surface area contributed by atoms with Gasteiger partial charge < -0.3 is 4.74 Å².